The van der Waals surface area contributed by atoms with Gasteiger partial charge in [0, 0.05) is 31.8 Å². The summed E-state index contributed by atoms with van der Waals surface area (Å²) in [6, 6.07) is 12.0. The first kappa shape index (κ1) is 18.4. The summed E-state index contributed by atoms with van der Waals surface area (Å²) in [7, 11) is 1.57. The normalized spacial score (nSPS) is 13.3. The Labute approximate surface area is 157 Å². The second-order valence-electron chi connectivity index (χ2n) is 6.33. The van der Waals surface area contributed by atoms with E-state index in [1.807, 2.05) is 6.07 Å². The number of fused-ring (bicyclic) bond motifs is 1. The van der Waals surface area contributed by atoms with Crippen LogP contribution in [0.15, 0.2) is 48.5 Å². The highest BCUT2D eigenvalue weighted by Gasteiger charge is 2.20. The fraction of sp³-hybridized carbons (Fsp3) is 0.190. The average Bonchev–Trinajstić information content (AvgIpc) is 2.70. The van der Waals surface area contributed by atoms with Gasteiger partial charge in [0.25, 0.3) is 5.91 Å². The predicted molar refractivity (Wildman–Crippen MR) is 101 cm³/mol. The molecule has 0 saturated carbocycles. The van der Waals surface area contributed by atoms with E-state index >= 15 is 0 Å². The number of carbonyl (C=O) groups is 3. The standard InChI is InChI=1S/C21H20N2O4/c1-22-20(25)16-5-2-14(3-6-16)4-9-19(24)23-11-10-15-7-8-17(21(26)27)12-18(15)13-23/h2-9,12H,10-11,13H2,1H3,(H,22,25)(H,26,27). The molecule has 6 nitrogen and oxygen atoms in total. The molecule has 1 heterocycles. The topological polar surface area (TPSA) is 86.7 Å². The van der Waals surface area contributed by atoms with Crippen LogP contribution in [0, 0.1) is 0 Å². The molecule has 0 saturated heterocycles. The molecule has 2 aromatic carbocycles. The van der Waals surface area contributed by atoms with Crippen LogP contribution in [0.5, 0.6) is 0 Å². The number of carbonyl (C=O) groups excluding carboxylic acids is 2. The van der Waals surface area contributed by atoms with E-state index in [1.54, 1.807) is 54.4 Å². The van der Waals surface area contributed by atoms with Gasteiger partial charge in [0.15, 0.2) is 0 Å². The van der Waals surface area contributed by atoms with Crippen molar-refractivity contribution < 1.29 is 19.5 Å². The lowest BCUT2D eigenvalue weighted by molar-refractivity contribution is -0.126. The Morgan fingerprint density at radius 2 is 1.74 bits per heavy atom. The van der Waals surface area contributed by atoms with E-state index in [9.17, 15) is 14.4 Å². The maximum Gasteiger partial charge on any atom is 0.335 e. The van der Waals surface area contributed by atoms with Crippen molar-refractivity contribution in [2.45, 2.75) is 13.0 Å². The van der Waals surface area contributed by atoms with Gasteiger partial charge in [-0.2, -0.15) is 0 Å². The molecule has 0 bridgehead atoms. The van der Waals surface area contributed by atoms with E-state index in [-0.39, 0.29) is 17.4 Å². The number of carboxylic acid groups (broad SMARTS) is 1. The Hall–Kier alpha value is -3.41. The van der Waals surface area contributed by atoms with Crippen LogP contribution >= 0.6 is 0 Å². The first-order valence-corrected chi connectivity index (χ1v) is 8.62. The summed E-state index contributed by atoms with van der Waals surface area (Å²) in [6.45, 7) is 0.993. The third kappa shape index (κ3) is 4.23. The second-order valence-corrected chi connectivity index (χ2v) is 6.33. The van der Waals surface area contributed by atoms with Crippen molar-refractivity contribution in [2.75, 3.05) is 13.6 Å². The number of rotatable bonds is 4. The quantitative estimate of drug-likeness (QED) is 0.816. The molecule has 2 amide bonds. The van der Waals surface area contributed by atoms with Crippen LogP contribution in [0.1, 0.15) is 37.4 Å². The number of benzene rings is 2. The van der Waals surface area contributed by atoms with Crippen LogP contribution in [-0.2, 0) is 17.8 Å². The smallest absolute Gasteiger partial charge is 0.335 e. The molecule has 6 heteroatoms. The summed E-state index contributed by atoms with van der Waals surface area (Å²) in [5.41, 5.74) is 3.56. The molecule has 2 aromatic rings. The van der Waals surface area contributed by atoms with Crippen molar-refractivity contribution in [1.82, 2.24) is 10.2 Å². The largest absolute Gasteiger partial charge is 0.478 e. The Morgan fingerprint density at radius 1 is 1.04 bits per heavy atom. The van der Waals surface area contributed by atoms with E-state index in [1.165, 1.54) is 6.08 Å². The minimum absolute atomic E-state index is 0.128. The fourth-order valence-corrected chi connectivity index (χ4v) is 3.04. The first-order chi connectivity index (χ1) is 13.0. The Morgan fingerprint density at radius 3 is 2.41 bits per heavy atom. The van der Waals surface area contributed by atoms with Gasteiger partial charge in [-0.25, -0.2) is 4.79 Å². The van der Waals surface area contributed by atoms with Crippen molar-refractivity contribution in [2.24, 2.45) is 0 Å². The molecule has 0 atom stereocenters. The molecule has 0 spiro atoms. The molecule has 138 valence electrons. The summed E-state index contributed by atoms with van der Waals surface area (Å²) in [6.07, 6.45) is 3.91. The van der Waals surface area contributed by atoms with Crippen molar-refractivity contribution in [3.8, 4) is 0 Å². The Balaban J connectivity index is 1.68. The summed E-state index contributed by atoms with van der Waals surface area (Å²) in [5, 5.41) is 11.7. The number of nitrogens with one attached hydrogen (secondary N) is 1. The number of amides is 2. The maximum absolute atomic E-state index is 12.5. The third-order valence-electron chi connectivity index (χ3n) is 4.60. The van der Waals surface area contributed by atoms with Crippen LogP contribution in [-0.4, -0.2) is 41.4 Å². The zero-order valence-corrected chi connectivity index (χ0v) is 14.9. The summed E-state index contributed by atoms with van der Waals surface area (Å²) < 4.78 is 0. The van der Waals surface area contributed by atoms with Gasteiger partial charge in [-0.1, -0.05) is 18.2 Å². The van der Waals surface area contributed by atoms with E-state index in [0.717, 1.165) is 16.7 Å². The monoisotopic (exact) mass is 364 g/mol. The molecule has 0 radical (unpaired) electrons. The van der Waals surface area contributed by atoms with Gasteiger partial charge in [-0.05, 0) is 53.5 Å². The lowest BCUT2D eigenvalue weighted by Crippen LogP contribution is -2.34. The fourth-order valence-electron chi connectivity index (χ4n) is 3.04. The van der Waals surface area contributed by atoms with Crippen molar-refractivity contribution in [3.63, 3.8) is 0 Å². The summed E-state index contributed by atoms with van der Waals surface area (Å²) in [5.74, 6) is -1.26. The van der Waals surface area contributed by atoms with Gasteiger partial charge >= 0.3 is 5.97 Å². The number of hydrogen-bond acceptors (Lipinski definition) is 3. The SMILES string of the molecule is CNC(=O)c1ccc(C=CC(=O)N2CCc3ccc(C(=O)O)cc3C2)cc1. The number of hydrogen-bond donors (Lipinski definition) is 2. The van der Waals surface area contributed by atoms with Crippen LogP contribution in [0.4, 0.5) is 0 Å². The van der Waals surface area contributed by atoms with Crippen LogP contribution in [0.2, 0.25) is 0 Å². The lowest BCUT2D eigenvalue weighted by atomic mass is 9.97. The summed E-state index contributed by atoms with van der Waals surface area (Å²) in [4.78, 5) is 36.8. The number of aromatic carboxylic acids is 1. The highest BCUT2D eigenvalue weighted by Crippen LogP contribution is 2.21. The van der Waals surface area contributed by atoms with E-state index in [0.29, 0.717) is 25.1 Å². The Bertz CT molecular complexity index is 916. The zero-order chi connectivity index (χ0) is 19.4. The molecule has 27 heavy (non-hydrogen) atoms. The Kier molecular flexibility index (Phi) is 5.35. The van der Waals surface area contributed by atoms with Gasteiger partial charge < -0.3 is 15.3 Å². The van der Waals surface area contributed by atoms with E-state index < -0.39 is 5.97 Å². The summed E-state index contributed by atoms with van der Waals surface area (Å²) >= 11 is 0. The molecule has 2 N–H and O–H groups in total. The van der Waals surface area contributed by atoms with Crippen LogP contribution in [0.25, 0.3) is 6.08 Å². The minimum Gasteiger partial charge on any atom is -0.478 e. The molecule has 1 aliphatic heterocycles. The van der Waals surface area contributed by atoms with Gasteiger partial charge in [-0.15, -0.1) is 0 Å². The van der Waals surface area contributed by atoms with Crippen LogP contribution in [0.3, 0.4) is 0 Å². The second kappa shape index (κ2) is 7.86. The first-order valence-electron chi connectivity index (χ1n) is 8.62. The molecule has 1 aliphatic rings. The van der Waals surface area contributed by atoms with E-state index in [2.05, 4.69) is 5.32 Å². The zero-order valence-electron chi connectivity index (χ0n) is 14.9. The number of carboxylic acids is 1. The minimum atomic E-state index is -0.971. The van der Waals surface area contributed by atoms with Crippen molar-refractivity contribution in [3.05, 3.63) is 76.4 Å². The molecular formula is C21H20N2O4. The van der Waals surface area contributed by atoms with E-state index in [4.69, 9.17) is 5.11 Å². The number of nitrogens with zero attached hydrogens (tertiary/aromatic N) is 1. The molecule has 0 aromatic heterocycles. The highest BCUT2D eigenvalue weighted by atomic mass is 16.4. The molecule has 0 unspecified atom stereocenters. The molecule has 0 fully saturated rings. The van der Waals surface area contributed by atoms with Gasteiger partial charge in [0.1, 0.15) is 0 Å². The molecular weight excluding hydrogens is 344 g/mol. The van der Waals surface area contributed by atoms with Gasteiger partial charge in [-0.3, -0.25) is 9.59 Å². The molecule has 3 rings (SSSR count). The highest BCUT2D eigenvalue weighted by molar-refractivity contribution is 5.95. The van der Waals surface area contributed by atoms with Gasteiger partial charge in [0.2, 0.25) is 5.91 Å². The van der Waals surface area contributed by atoms with Gasteiger partial charge in [0.05, 0.1) is 5.56 Å². The van der Waals surface area contributed by atoms with Crippen molar-refractivity contribution >= 4 is 23.9 Å². The average molecular weight is 364 g/mol. The predicted octanol–water partition coefficient (Wildman–Crippen LogP) is 2.34. The lowest BCUT2D eigenvalue weighted by Gasteiger charge is -2.28. The van der Waals surface area contributed by atoms with Crippen LogP contribution < -0.4 is 5.32 Å². The third-order valence-corrected chi connectivity index (χ3v) is 4.60. The maximum atomic E-state index is 12.5. The molecule has 0 aliphatic carbocycles. The van der Waals surface area contributed by atoms with Crippen molar-refractivity contribution in [1.29, 1.82) is 0 Å².